The van der Waals surface area contributed by atoms with E-state index in [0.717, 1.165) is 29.7 Å². The van der Waals surface area contributed by atoms with E-state index >= 15 is 0 Å². The molecule has 3 amide bonds. The molecule has 3 aliphatic heterocycles. The van der Waals surface area contributed by atoms with Gasteiger partial charge in [-0.1, -0.05) is 45.9 Å². The van der Waals surface area contributed by atoms with Crippen molar-refractivity contribution in [3.8, 4) is 0 Å². The summed E-state index contributed by atoms with van der Waals surface area (Å²) in [7, 11) is 0. The Hall–Kier alpha value is -2.06. The minimum atomic E-state index is -0.757. The summed E-state index contributed by atoms with van der Waals surface area (Å²) in [6.45, 7) is 12.3. The van der Waals surface area contributed by atoms with Gasteiger partial charge in [-0.15, -0.1) is 11.8 Å². The summed E-state index contributed by atoms with van der Waals surface area (Å²) < 4.78 is -0.695. The Morgan fingerprint density at radius 2 is 1.89 bits per heavy atom. The molecule has 7 nitrogen and oxygen atoms in total. The van der Waals surface area contributed by atoms with Gasteiger partial charge in [0.05, 0.1) is 29.2 Å². The highest BCUT2D eigenvalue weighted by Gasteiger charge is 2.76. The van der Waals surface area contributed by atoms with Crippen LogP contribution in [0.5, 0.6) is 0 Å². The number of aliphatic hydroxyl groups is 1. The normalized spacial score (nSPS) is 32.2. The molecule has 3 heterocycles. The lowest BCUT2D eigenvalue weighted by Gasteiger charge is -2.41. The molecule has 3 fully saturated rings. The number of benzene rings is 1. The Morgan fingerprint density at radius 1 is 1.23 bits per heavy atom. The van der Waals surface area contributed by atoms with Crippen LogP contribution in [0.15, 0.2) is 18.2 Å². The van der Waals surface area contributed by atoms with Crippen LogP contribution in [-0.4, -0.2) is 63.0 Å². The smallest absolute Gasteiger partial charge is 0.248 e. The molecule has 1 aromatic rings. The number of nitrogens with one attached hydrogen (secondary N) is 2. The molecule has 1 spiro atoms. The quantitative estimate of drug-likeness (QED) is 0.508. The average molecular weight is 502 g/mol. The van der Waals surface area contributed by atoms with Gasteiger partial charge in [0, 0.05) is 17.5 Å². The van der Waals surface area contributed by atoms with Crippen LogP contribution in [0.2, 0.25) is 0 Å². The number of aryl methyl sites for hydroxylation is 2. The van der Waals surface area contributed by atoms with E-state index in [1.54, 1.807) is 16.7 Å². The van der Waals surface area contributed by atoms with E-state index in [4.69, 9.17) is 0 Å². The molecule has 3 unspecified atom stereocenters. The molecular weight excluding hydrogens is 462 g/mol. The lowest BCUT2D eigenvalue weighted by molar-refractivity contribution is -0.143. The lowest BCUT2D eigenvalue weighted by atomic mass is 9.66. The van der Waals surface area contributed by atoms with Gasteiger partial charge >= 0.3 is 0 Å². The van der Waals surface area contributed by atoms with Gasteiger partial charge in [0.2, 0.25) is 17.7 Å². The molecule has 192 valence electrons. The van der Waals surface area contributed by atoms with E-state index in [1.807, 2.05) is 52.8 Å². The second-order valence-electron chi connectivity index (χ2n) is 10.8. The fraction of sp³-hybridized carbons (Fsp3) is 0.667. The molecule has 7 atom stereocenters. The number of hydrogen-bond donors (Lipinski definition) is 3. The second-order valence-corrected chi connectivity index (χ2v) is 12.4. The second kappa shape index (κ2) is 9.77. The number of para-hydroxylation sites is 1. The van der Waals surface area contributed by atoms with Crippen molar-refractivity contribution in [2.75, 3.05) is 18.5 Å². The largest absolute Gasteiger partial charge is 0.394 e. The predicted molar refractivity (Wildman–Crippen MR) is 139 cm³/mol. The maximum atomic E-state index is 14.2. The standard InChI is InChI=1S/C27H39N3O4S/c1-7-11-28-24(32)20-19-12-17(6)27(35-19)21(20)26(34)30(18(13-31)14(2)3)23(27)25(33)29-22-15(4)9-8-10-16(22)5/h8-10,14,17-21,23,31H,7,11-13H2,1-6H3,(H,28,32)(H,29,33)/t17?,18-,19-,20+,21-,23?,27?/m0/s1. The molecule has 3 N–H and O–H groups in total. The first kappa shape index (κ1) is 26.0. The molecular formula is C27H39N3O4S. The third-order valence-electron chi connectivity index (χ3n) is 8.33. The summed E-state index contributed by atoms with van der Waals surface area (Å²) in [6.07, 6.45) is 1.62. The highest BCUT2D eigenvalue weighted by atomic mass is 32.2. The molecule has 35 heavy (non-hydrogen) atoms. The molecule has 1 aromatic carbocycles. The Kier molecular flexibility index (Phi) is 7.26. The average Bonchev–Trinajstić information content (AvgIpc) is 3.39. The van der Waals surface area contributed by atoms with Crippen LogP contribution in [0.25, 0.3) is 0 Å². The van der Waals surface area contributed by atoms with Crippen molar-refractivity contribution in [1.82, 2.24) is 10.2 Å². The number of thioether (sulfide) groups is 1. The topological polar surface area (TPSA) is 98.7 Å². The zero-order chi connectivity index (χ0) is 25.7. The number of aliphatic hydroxyl groups excluding tert-OH is 1. The van der Waals surface area contributed by atoms with E-state index in [-0.39, 0.29) is 41.4 Å². The maximum Gasteiger partial charge on any atom is 0.248 e. The van der Waals surface area contributed by atoms with E-state index in [9.17, 15) is 19.5 Å². The number of fused-ring (bicyclic) bond motifs is 1. The van der Waals surface area contributed by atoms with Gasteiger partial charge in [-0.3, -0.25) is 14.4 Å². The fourth-order valence-corrected chi connectivity index (χ4v) is 9.01. The van der Waals surface area contributed by atoms with Crippen molar-refractivity contribution in [2.45, 2.75) is 76.5 Å². The summed E-state index contributed by atoms with van der Waals surface area (Å²) in [5.74, 6) is -1.46. The number of amides is 3. The summed E-state index contributed by atoms with van der Waals surface area (Å²) in [4.78, 5) is 43.2. The first-order valence-electron chi connectivity index (χ1n) is 12.9. The Balaban J connectivity index is 1.80. The molecule has 0 aromatic heterocycles. The molecule has 0 aliphatic carbocycles. The van der Waals surface area contributed by atoms with Crippen molar-refractivity contribution in [3.63, 3.8) is 0 Å². The number of carbonyl (C=O) groups excluding carboxylic acids is 3. The van der Waals surface area contributed by atoms with E-state index in [0.29, 0.717) is 6.54 Å². The summed E-state index contributed by atoms with van der Waals surface area (Å²) >= 11 is 1.66. The molecule has 4 rings (SSSR count). The number of nitrogens with zero attached hydrogens (tertiary/aromatic N) is 1. The van der Waals surface area contributed by atoms with Crippen molar-refractivity contribution < 1.29 is 19.5 Å². The van der Waals surface area contributed by atoms with Crippen LogP contribution in [0, 0.1) is 37.5 Å². The summed E-state index contributed by atoms with van der Waals surface area (Å²) in [6, 6.07) is 4.61. The Labute approximate surface area is 212 Å². The predicted octanol–water partition coefficient (Wildman–Crippen LogP) is 3.12. The van der Waals surface area contributed by atoms with Gasteiger partial charge in [0.15, 0.2) is 0 Å². The number of carbonyl (C=O) groups is 3. The van der Waals surface area contributed by atoms with Gasteiger partial charge in [-0.05, 0) is 49.7 Å². The van der Waals surface area contributed by atoms with E-state index < -0.39 is 28.7 Å². The van der Waals surface area contributed by atoms with Crippen LogP contribution in [0.3, 0.4) is 0 Å². The maximum absolute atomic E-state index is 14.2. The number of rotatable bonds is 8. The first-order chi connectivity index (χ1) is 16.6. The Bertz CT molecular complexity index is 994. The zero-order valence-electron chi connectivity index (χ0n) is 21.6. The van der Waals surface area contributed by atoms with Crippen LogP contribution < -0.4 is 10.6 Å². The minimum absolute atomic E-state index is 0.0140. The summed E-state index contributed by atoms with van der Waals surface area (Å²) in [5.41, 5.74) is 2.68. The zero-order valence-corrected chi connectivity index (χ0v) is 22.4. The van der Waals surface area contributed by atoms with E-state index in [2.05, 4.69) is 17.6 Å². The highest BCUT2D eigenvalue weighted by molar-refractivity contribution is 8.02. The van der Waals surface area contributed by atoms with Gasteiger partial charge in [0.25, 0.3) is 0 Å². The third kappa shape index (κ3) is 3.97. The van der Waals surface area contributed by atoms with Crippen molar-refractivity contribution in [3.05, 3.63) is 29.3 Å². The van der Waals surface area contributed by atoms with Gasteiger partial charge in [-0.2, -0.15) is 0 Å². The molecule has 0 radical (unpaired) electrons. The van der Waals surface area contributed by atoms with Gasteiger partial charge < -0.3 is 20.6 Å². The van der Waals surface area contributed by atoms with Crippen LogP contribution >= 0.6 is 11.8 Å². The van der Waals surface area contributed by atoms with Gasteiger partial charge in [0.1, 0.15) is 6.04 Å². The van der Waals surface area contributed by atoms with Crippen LogP contribution in [0.1, 0.15) is 51.7 Å². The van der Waals surface area contributed by atoms with E-state index in [1.165, 1.54) is 0 Å². The van der Waals surface area contributed by atoms with Crippen molar-refractivity contribution in [2.24, 2.45) is 23.7 Å². The van der Waals surface area contributed by atoms with Crippen LogP contribution in [0.4, 0.5) is 5.69 Å². The fourth-order valence-electron chi connectivity index (χ4n) is 6.61. The van der Waals surface area contributed by atoms with Crippen LogP contribution in [-0.2, 0) is 14.4 Å². The SMILES string of the molecule is CCCNC(=O)[C@@H]1[C@@H]2CC(C)C3(S2)C(C(=O)Nc2c(C)cccc2C)N([C@@H](CO)C(C)C)C(=O)[C@H]13. The molecule has 0 saturated carbocycles. The molecule has 3 aliphatic rings. The summed E-state index contributed by atoms with van der Waals surface area (Å²) in [5, 5.41) is 16.5. The lowest BCUT2D eigenvalue weighted by Crippen LogP contribution is -2.58. The third-order valence-corrected chi connectivity index (χ3v) is 10.4. The molecule has 8 heteroatoms. The van der Waals surface area contributed by atoms with Crippen molar-refractivity contribution in [1.29, 1.82) is 0 Å². The Morgan fingerprint density at radius 3 is 2.46 bits per heavy atom. The molecule has 2 bridgehead atoms. The number of anilines is 1. The number of likely N-dealkylation sites (tertiary alicyclic amines) is 1. The number of hydrogen-bond acceptors (Lipinski definition) is 5. The minimum Gasteiger partial charge on any atom is -0.394 e. The molecule has 3 saturated heterocycles. The first-order valence-corrected chi connectivity index (χ1v) is 13.7. The highest BCUT2D eigenvalue weighted by Crippen LogP contribution is 2.69. The monoisotopic (exact) mass is 501 g/mol. The van der Waals surface area contributed by atoms with Gasteiger partial charge in [-0.25, -0.2) is 0 Å². The van der Waals surface area contributed by atoms with Crippen molar-refractivity contribution >= 4 is 35.2 Å².